The van der Waals surface area contributed by atoms with E-state index in [2.05, 4.69) is 21.2 Å². The Balaban J connectivity index is 0.00000256. The molecule has 0 fully saturated rings. The molecule has 3 N–H and O–H groups in total. The summed E-state index contributed by atoms with van der Waals surface area (Å²) < 4.78 is 0.859. The van der Waals surface area contributed by atoms with Crippen LogP contribution in [0.2, 0.25) is 5.02 Å². The number of hydrogen-bond acceptors (Lipinski definition) is 2. The van der Waals surface area contributed by atoms with Gasteiger partial charge in [-0.1, -0.05) is 27.5 Å². The van der Waals surface area contributed by atoms with Crippen LogP contribution in [0, 0.1) is 0 Å². The first-order valence-corrected chi connectivity index (χ1v) is 6.25. The lowest BCUT2D eigenvalue weighted by Crippen LogP contribution is -2.25. The van der Waals surface area contributed by atoms with Crippen molar-refractivity contribution in [2.45, 2.75) is 12.8 Å². The number of hydrogen-bond donors (Lipinski definition) is 2. The fourth-order valence-electron chi connectivity index (χ4n) is 1.24. The summed E-state index contributed by atoms with van der Waals surface area (Å²) in [6, 6.07) is 5.20. The predicted octanol–water partition coefficient (Wildman–Crippen LogP) is 2.99. The SMILES string of the molecule is Cl.NCCCCNC(=O)c1ccc(Br)cc1Cl. The fraction of sp³-hybridized carbons (Fsp3) is 0.364. The molecule has 3 nitrogen and oxygen atoms in total. The van der Waals surface area contributed by atoms with Gasteiger partial charge in [0.25, 0.3) is 5.91 Å². The van der Waals surface area contributed by atoms with Gasteiger partial charge in [-0.15, -0.1) is 12.4 Å². The third kappa shape index (κ3) is 5.73. The van der Waals surface area contributed by atoms with E-state index in [1.165, 1.54) is 0 Å². The van der Waals surface area contributed by atoms with Crippen molar-refractivity contribution in [3.63, 3.8) is 0 Å². The molecule has 0 aliphatic rings. The highest BCUT2D eigenvalue weighted by molar-refractivity contribution is 9.10. The normalized spacial score (nSPS) is 9.59. The van der Waals surface area contributed by atoms with Crippen LogP contribution in [0.5, 0.6) is 0 Å². The predicted molar refractivity (Wildman–Crippen MR) is 77.0 cm³/mol. The Labute approximate surface area is 121 Å². The van der Waals surface area contributed by atoms with Crippen LogP contribution in [-0.2, 0) is 0 Å². The molecule has 0 atom stereocenters. The van der Waals surface area contributed by atoms with Gasteiger partial charge in [0.1, 0.15) is 0 Å². The van der Waals surface area contributed by atoms with Crippen LogP contribution < -0.4 is 11.1 Å². The molecule has 0 saturated heterocycles. The molecule has 1 rings (SSSR count). The Morgan fingerprint density at radius 3 is 2.71 bits per heavy atom. The number of unbranched alkanes of at least 4 members (excludes halogenated alkanes) is 1. The topological polar surface area (TPSA) is 55.1 Å². The maximum Gasteiger partial charge on any atom is 0.252 e. The minimum absolute atomic E-state index is 0. The second kappa shape index (κ2) is 8.75. The van der Waals surface area contributed by atoms with E-state index in [0.29, 0.717) is 23.7 Å². The van der Waals surface area contributed by atoms with E-state index in [0.717, 1.165) is 17.3 Å². The van der Waals surface area contributed by atoms with E-state index in [1.807, 2.05) is 0 Å². The molecule has 1 amide bonds. The molecular formula is C11H15BrCl2N2O. The molecule has 0 spiro atoms. The molecule has 0 radical (unpaired) electrons. The summed E-state index contributed by atoms with van der Waals surface area (Å²) >= 11 is 9.24. The van der Waals surface area contributed by atoms with Crippen molar-refractivity contribution < 1.29 is 4.79 Å². The van der Waals surface area contributed by atoms with Gasteiger partial charge >= 0.3 is 0 Å². The highest BCUT2D eigenvalue weighted by Crippen LogP contribution is 2.21. The molecule has 0 aliphatic carbocycles. The third-order valence-corrected chi connectivity index (χ3v) is 2.90. The van der Waals surface area contributed by atoms with Gasteiger partial charge in [-0.2, -0.15) is 0 Å². The quantitative estimate of drug-likeness (QED) is 0.809. The lowest BCUT2D eigenvalue weighted by atomic mass is 10.2. The Kier molecular flexibility index (Phi) is 8.60. The number of carbonyl (C=O) groups is 1. The van der Waals surface area contributed by atoms with Gasteiger partial charge in [0, 0.05) is 11.0 Å². The van der Waals surface area contributed by atoms with Crippen LogP contribution in [-0.4, -0.2) is 19.0 Å². The number of benzene rings is 1. The first-order valence-electron chi connectivity index (χ1n) is 5.08. The van der Waals surface area contributed by atoms with Gasteiger partial charge < -0.3 is 11.1 Å². The van der Waals surface area contributed by atoms with Crippen LogP contribution in [0.1, 0.15) is 23.2 Å². The van der Waals surface area contributed by atoms with Crippen LogP contribution in [0.4, 0.5) is 0 Å². The number of rotatable bonds is 5. The summed E-state index contributed by atoms with van der Waals surface area (Å²) in [5.41, 5.74) is 5.86. The molecule has 96 valence electrons. The zero-order valence-electron chi connectivity index (χ0n) is 9.21. The van der Waals surface area contributed by atoms with Crippen molar-refractivity contribution in [2.75, 3.05) is 13.1 Å². The van der Waals surface area contributed by atoms with Gasteiger partial charge in [-0.05, 0) is 37.6 Å². The van der Waals surface area contributed by atoms with Crippen LogP contribution in [0.25, 0.3) is 0 Å². The Morgan fingerprint density at radius 2 is 2.12 bits per heavy atom. The Bertz CT molecular complexity index is 374. The molecule has 1 aromatic rings. The maximum absolute atomic E-state index is 11.7. The van der Waals surface area contributed by atoms with Crippen LogP contribution in [0.3, 0.4) is 0 Å². The standard InChI is InChI=1S/C11H14BrClN2O.ClH/c12-8-3-4-9(10(13)7-8)11(16)15-6-2-1-5-14;/h3-4,7H,1-2,5-6,14H2,(H,15,16);1H. The number of carbonyl (C=O) groups excluding carboxylic acids is 1. The Hall–Kier alpha value is -0.290. The highest BCUT2D eigenvalue weighted by Gasteiger charge is 2.09. The monoisotopic (exact) mass is 340 g/mol. The van der Waals surface area contributed by atoms with Gasteiger partial charge in [0.15, 0.2) is 0 Å². The molecule has 0 unspecified atom stereocenters. The van der Waals surface area contributed by atoms with E-state index < -0.39 is 0 Å². The summed E-state index contributed by atoms with van der Waals surface area (Å²) in [7, 11) is 0. The fourth-order valence-corrected chi connectivity index (χ4v) is 2.00. The molecule has 0 aromatic heterocycles. The molecular weight excluding hydrogens is 327 g/mol. The lowest BCUT2D eigenvalue weighted by Gasteiger charge is -2.06. The molecule has 0 aliphatic heterocycles. The van der Waals surface area contributed by atoms with Crippen molar-refractivity contribution >= 4 is 45.8 Å². The summed E-state index contributed by atoms with van der Waals surface area (Å²) in [6.07, 6.45) is 1.80. The molecule has 17 heavy (non-hydrogen) atoms. The number of amides is 1. The van der Waals surface area contributed by atoms with Crippen LogP contribution in [0.15, 0.2) is 22.7 Å². The smallest absolute Gasteiger partial charge is 0.252 e. The van der Waals surface area contributed by atoms with E-state index >= 15 is 0 Å². The van der Waals surface area contributed by atoms with Gasteiger partial charge in [0.05, 0.1) is 10.6 Å². The van der Waals surface area contributed by atoms with Crippen molar-refractivity contribution in [1.29, 1.82) is 0 Å². The average molecular weight is 342 g/mol. The van der Waals surface area contributed by atoms with E-state index in [1.54, 1.807) is 18.2 Å². The highest BCUT2D eigenvalue weighted by atomic mass is 79.9. The maximum atomic E-state index is 11.7. The molecule has 0 saturated carbocycles. The average Bonchev–Trinajstić information content (AvgIpc) is 2.24. The van der Waals surface area contributed by atoms with E-state index in [9.17, 15) is 4.79 Å². The summed E-state index contributed by atoms with van der Waals surface area (Å²) in [5.74, 6) is -0.144. The van der Waals surface area contributed by atoms with Crippen molar-refractivity contribution in [3.05, 3.63) is 33.3 Å². The zero-order chi connectivity index (χ0) is 12.0. The van der Waals surface area contributed by atoms with E-state index in [-0.39, 0.29) is 18.3 Å². The summed E-state index contributed by atoms with van der Waals surface area (Å²) in [5, 5.41) is 3.25. The second-order valence-electron chi connectivity index (χ2n) is 3.38. The summed E-state index contributed by atoms with van der Waals surface area (Å²) in [6.45, 7) is 1.28. The second-order valence-corrected chi connectivity index (χ2v) is 4.70. The lowest BCUT2D eigenvalue weighted by molar-refractivity contribution is 0.0953. The minimum Gasteiger partial charge on any atom is -0.352 e. The van der Waals surface area contributed by atoms with Crippen molar-refractivity contribution in [2.24, 2.45) is 5.73 Å². The summed E-state index contributed by atoms with van der Waals surface area (Å²) in [4.78, 5) is 11.7. The van der Waals surface area contributed by atoms with Gasteiger partial charge in [0.2, 0.25) is 0 Å². The molecule has 0 bridgehead atoms. The van der Waals surface area contributed by atoms with Crippen molar-refractivity contribution in [3.8, 4) is 0 Å². The number of halogens is 3. The van der Waals surface area contributed by atoms with Crippen LogP contribution >= 0.6 is 39.9 Å². The molecule has 0 heterocycles. The molecule has 6 heteroatoms. The van der Waals surface area contributed by atoms with Gasteiger partial charge in [-0.25, -0.2) is 0 Å². The van der Waals surface area contributed by atoms with E-state index in [4.69, 9.17) is 17.3 Å². The zero-order valence-corrected chi connectivity index (χ0v) is 12.4. The first kappa shape index (κ1) is 16.7. The number of nitrogens with one attached hydrogen (secondary N) is 1. The largest absolute Gasteiger partial charge is 0.352 e. The third-order valence-electron chi connectivity index (χ3n) is 2.09. The minimum atomic E-state index is -0.144. The first-order chi connectivity index (χ1) is 7.65. The van der Waals surface area contributed by atoms with Gasteiger partial charge in [-0.3, -0.25) is 4.79 Å². The molecule has 1 aromatic carbocycles. The Morgan fingerprint density at radius 1 is 1.41 bits per heavy atom. The number of nitrogens with two attached hydrogens (primary N) is 1. The van der Waals surface area contributed by atoms with Crippen molar-refractivity contribution in [1.82, 2.24) is 5.32 Å².